The highest BCUT2D eigenvalue weighted by Gasteiger charge is 2.20. The van der Waals surface area contributed by atoms with Crippen molar-refractivity contribution in [3.8, 4) is 0 Å². The van der Waals surface area contributed by atoms with Crippen LogP contribution in [0, 0.1) is 11.6 Å². The molecule has 0 N–H and O–H groups in total. The Labute approximate surface area is 97.9 Å². The first-order chi connectivity index (χ1) is 8.24. The summed E-state index contributed by atoms with van der Waals surface area (Å²) in [5, 5.41) is 0. The zero-order chi connectivity index (χ0) is 11.8. The van der Waals surface area contributed by atoms with Gasteiger partial charge in [0.2, 0.25) is 0 Å². The van der Waals surface area contributed by atoms with Gasteiger partial charge >= 0.3 is 0 Å². The van der Waals surface area contributed by atoms with Crippen LogP contribution < -0.4 is 0 Å². The van der Waals surface area contributed by atoms with Crippen LogP contribution in [0.3, 0.4) is 0 Å². The minimum absolute atomic E-state index is 0.242. The van der Waals surface area contributed by atoms with Gasteiger partial charge in [-0.3, -0.25) is 0 Å². The van der Waals surface area contributed by atoms with Gasteiger partial charge in [0, 0.05) is 24.4 Å². The Morgan fingerprint density at radius 3 is 2.94 bits per heavy atom. The summed E-state index contributed by atoms with van der Waals surface area (Å²) in [4.78, 5) is 4.09. The highest BCUT2D eigenvalue weighted by Crippen LogP contribution is 2.29. The van der Waals surface area contributed by atoms with E-state index in [2.05, 4.69) is 9.55 Å². The zero-order valence-corrected chi connectivity index (χ0v) is 9.24. The van der Waals surface area contributed by atoms with Gasteiger partial charge in [0.25, 0.3) is 0 Å². The van der Waals surface area contributed by atoms with Crippen LogP contribution in [0.25, 0.3) is 0 Å². The topological polar surface area (TPSA) is 17.8 Å². The van der Waals surface area contributed by atoms with E-state index in [1.807, 2.05) is 6.20 Å². The van der Waals surface area contributed by atoms with Gasteiger partial charge in [0.1, 0.15) is 0 Å². The predicted octanol–water partition coefficient (Wildman–Crippen LogP) is 2.89. The average Bonchev–Trinajstić information content (AvgIpc) is 2.79. The minimum atomic E-state index is -0.784. The molecule has 1 aliphatic heterocycles. The Morgan fingerprint density at radius 2 is 2.12 bits per heavy atom. The monoisotopic (exact) mass is 234 g/mol. The molecular formula is C13H12F2N2. The molecule has 0 saturated heterocycles. The second kappa shape index (κ2) is 3.95. The SMILES string of the molecule is Fc1ccc(C2CCc3cncn3C2)cc1F. The Morgan fingerprint density at radius 1 is 1.24 bits per heavy atom. The van der Waals surface area contributed by atoms with Crippen molar-refractivity contribution < 1.29 is 8.78 Å². The van der Waals surface area contributed by atoms with Crippen molar-refractivity contribution in [3.05, 3.63) is 53.6 Å². The summed E-state index contributed by atoms with van der Waals surface area (Å²) in [6.07, 6.45) is 5.54. The smallest absolute Gasteiger partial charge is 0.159 e. The van der Waals surface area contributed by atoms with E-state index >= 15 is 0 Å². The largest absolute Gasteiger partial charge is 0.334 e. The molecule has 1 unspecified atom stereocenters. The fraction of sp³-hybridized carbons (Fsp3) is 0.308. The van der Waals surface area contributed by atoms with Crippen molar-refractivity contribution in [1.82, 2.24) is 9.55 Å². The van der Waals surface area contributed by atoms with Gasteiger partial charge in [-0.2, -0.15) is 0 Å². The molecule has 2 aromatic rings. The van der Waals surface area contributed by atoms with E-state index in [1.54, 1.807) is 12.4 Å². The van der Waals surface area contributed by atoms with Crippen molar-refractivity contribution in [2.75, 3.05) is 0 Å². The van der Waals surface area contributed by atoms with E-state index in [1.165, 1.54) is 17.8 Å². The number of rotatable bonds is 1. The van der Waals surface area contributed by atoms with Crippen molar-refractivity contribution >= 4 is 0 Å². The summed E-state index contributed by atoms with van der Waals surface area (Å²) < 4.78 is 28.1. The first-order valence-corrected chi connectivity index (χ1v) is 5.68. The number of imidazole rings is 1. The number of halogens is 2. The molecule has 88 valence electrons. The first kappa shape index (κ1) is 10.4. The highest BCUT2D eigenvalue weighted by molar-refractivity contribution is 5.23. The van der Waals surface area contributed by atoms with E-state index in [0.717, 1.165) is 24.9 Å². The average molecular weight is 234 g/mol. The van der Waals surface area contributed by atoms with Gasteiger partial charge in [0.15, 0.2) is 11.6 Å². The molecule has 3 rings (SSSR count). The number of nitrogens with zero attached hydrogens (tertiary/aromatic N) is 2. The molecule has 0 aliphatic carbocycles. The van der Waals surface area contributed by atoms with Crippen LogP contribution in [0.5, 0.6) is 0 Å². The second-order valence-corrected chi connectivity index (χ2v) is 4.45. The van der Waals surface area contributed by atoms with Gasteiger partial charge in [0.05, 0.1) is 6.33 Å². The molecule has 4 heteroatoms. The van der Waals surface area contributed by atoms with Crippen molar-refractivity contribution in [2.45, 2.75) is 25.3 Å². The summed E-state index contributed by atoms with van der Waals surface area (Å²) in [6.45, 7) is 0.792. The molecule has 2 nitrogen and oxygen atoms in total. The van der Waals surface area contributed by atoms with Gasteiger partial charge in [-0.15, -0.1) is 0 Å². The van der Waals surface area contributed by atoms with Gasteiger partial charge in [-0.1, -0.05) is 6.07 Å². The van der Waals surface area contributed by atoms with E-state index in [9.17, 15) is 8.78 Å². The van der Waals surface area contributed by atoms with Gasteiger partial charge in [-0.25, -0.2) is 13.8 Å². The summed E-state index contributed by atoms with van der Waals surface area (Å²) in [6, 6.07) is 4.18. The first-order valence-electron chi connectivity index (χ1n) is 5.68. The summed E-state index contributed by atoms with van der Waals surface area (Å²) >= 11 is 0. The molecule has 17 heavy (non-hydrogen) atoms. The second-order valence-electron chi connectivity index (χ2n) is 4.45. The molecule has 1 aliphatic rings. The number of benzene rings is 1. The Hall–Kier alpha value is -1.71. The van der Waals surface area contributed by atoms with Crippen LogP contribution in [-0.2, 0) is 13.0 Å². The molecule has 0 amide bonds. The number of hydrogen-bond donors (Lipinski definition) is 0. The lowest BCUT2D eigenvalue weighted by Gasteiger charge is -2.24. The molecule has 1 aromatic carbocycles. The van der Waals surface area contributed by atoms with E-state index in [-0.39, 0.29) is 5.92 Å². The summed E-state index contributed by atoms with van der Waals surface area (Å²) in [5.41, 5.74) is 2.08. The van der Waals surface area contributed by atoms with E-state index in [4.69, 9.17) is 0 Å². The third-order valence-corrected chi connectivity index (χ3v) is 3.38. The van der Waals surface area contributed by atoms with Crippen molar-refractivity contribution in [3.63, 3.8) is 0 Å². The molecule has 1 aromatic heterocycles. The fourth-order valence-corrected chi connectivity index (χ4v) is 2.41. The Balaban J connectivity index is 1.89. The van der Waals surface area contributed by atoms with Crippen LogP contribution in [0.1, 0.15) is 23.6 Å². The van der Waals surface area contributed by atoms with Crippen LogP contribution in [-0.4, -0.2) is 9.55 Å². The molecule has 0 fully saturated rings. The van der Waals surface area contributed by atoms with Gasteiger partial charge < -0.3 is 4.57 Å². The summed E-state index contributed by atoms with van der Waals surface area (Å²) in [7, 11) is 0. The normalized spacial score (nSPS) is 19.1. The molecule has 0 bridgehead atoms. The number of hydrogen-bond acceptors (Lipinski definition) is 1. The third kappa shape index (κ3) is 1.84. The quantitative estimate of drug-likeness (QED) is 0.741. The standard InChI is InChI=1S/C13H12F2N2/c14-12-4-2-9(5-13(12)15)10-1-3-11-6-16-8-17(11)7-10/h2,4-6,8,10H,1,3,7H2. The Kier molecular flexibility index (Phi) is 2.42. The third-order valence-electron chi connectivity index (χ3n) is 3.38. The number of aryl methyl sites for hydroxylation is 1. The maximum absolute atomic E-state index is 13.2. The lowest BCUT2D eigenvalue weighted by Crippen LogP contribution is -2.17. The predicted molar refractivity (Wildman–Crippen MR) is 59.6 cm³/mol. The molecular weight excluding hydrogens is 222 g/mol. The van der Waals surface area contributed by atoms with Crippen molar-refractivity contribution in [1.29, 1.82) is 0 Å². The van der Waals surface area contributed by atoms with Crippen LogP contribution in [0.2, 0.25) is 0 Å². The molecule has 2 heterocycles. The molecule has 1 atom stereocenters. The fourth-order valence-electron chi connectivity index (χ4n) is 2.41. The van der Waals surface area contributed by atoms with Gasteiger partial charge in [-0.05, 0) is 30.5 Å². The van der Waals surface area contributed by atoms with Crippen LogP contribution in [0.15, 0.2) is 30.7 Å². The zero-order valence-electron chi connectivity index (χ0n) is 9.24. The number of aromatic nitrogens is 2. The highest BCUT2D eigenvalue weighted by atomic mass is 19.2. The maximum atomic E-state index is 13.2. The molecule has 0 saturated carbocycles. The molecule has 0 spiro atoms. The van der Waals surface area contributed by atoms with Crippen LogP contribution >= 0.6 is 0 Å². The van der Waals surface area contributed by atoms with Crippen LogP contribution in [0.4, 0.5) is 8.78 Å². The number of fused-ring (bicyclic) bond motifs is 1. The Bertz CT molecular complexity index is 548. The maximum Gasteiger partial charge on any atom is 0.159 e. The minimum Gasteiger partial charge on any atom is -0.334 e. The van der Waals surface area contributed by atoms with Crippen molar-refractivity contribution in [2.24, 2.45) is 0 Å². The van der Waals surface area contributed by atoms with E-state index in [0.29, 0.717) is 0 Å². The molecule has 0 radical (unpaired) electrons. The summed E-state index contributed by atoms with van der Waals surface area (Å²) in [5.74, 6) is -1.31. The lowest BCUT2D eigenvalue weighted by atomic mass is 9.91. The lowest BCUT2D eigenvalue weighted by molar-refractivity contribution is 0.456. The van der Waals surface area contributed by atoms with E-state index < -0.39 is 11.6 Å².